The van der Waals surface area contributed by atoms with Gasteiger partial charge in [-0.05, 0) is 37.5 Å². The third-order valence-electron chi connectivity index (χ3n) is 6.63. The summed E-state index contributed by atoms with van der Waals surface area (Å²) in [5.74, 6) is 0.283. The fourth-order valence-electron chi connectivity index (χ4n) is 4.27. The molecule has 2 amide bonds. The van der Waals surface area contributed by atoms with Gasteiger partial charge in [-0.15, -0.1) is 0 Å². The highest BCUT2D eigenvalue weighted by molar-refractivity contribution is 6.00. The molecule has 0 aliphatic rings. The number of nitrogens with one attached hydrogen (secondary N) is 2. The van der Waals surface area contributed by atoms with E-state index in [-0.39, 0.29) is 11.8 Å². The molecule has 0 heterocycles. The first kappa shape index (κ1) is 32.0. The van der Waals surface area contributed by atoms with Crippen LogP contribution >= 0.6 is 0 Å². The molecule has 0 bridgehead atoms. The molecule has 0 aliphatic carbocycles. The van der Waals surface area contributed by atoms with Crippen LogP contribution in [0, 0.1) is 0 Å². The summed E-state index contributed by atoms with van der Waals surface area (Å²) in [5.41, 5.74) is 1.06. The second kappa shape index (κ2) is 22.2. The van der Waals surface area contributed by atoms with Gasteiger partial charge in [0.25, 0.3) is 11.8 Å². The second-order valence-electron chi connectivity index (χ2n) is 10.0. The molecular weight excluding hydrogens is 448 g/mol. The van der Waals surface area contributed by atoms with E-state index in [1.165, 1.54) is 70.6 Å². The Bertz CT molecular complexity index is 705. The molecule has 0 saturated heterocycles. The molecule has 1 aromatic carbocycles. The Morgan fingerprint density at radius 1 is 0.611 bits per heavy atom. The van der Waals surface area contributed by atoms with Gasteiger partial charge in [0.15, 0.2) is 0 Å². The van der Waals surface area contributed by atoms with Crippen LogP contribution in [0.25, 0.3) is 0 Å². The quantitative estimate of drug-likeness (QED) is 0.148. The highest BCUT2D eigenvalue weighted by Gasteiger charge is 2.16. The third-order valence-corrected chi connectivity index (χ3v) is 6.63. The molecule has 206 valence electrons. The summed E-state index contributed by atoms with van der Waals surface area (Å²) in [7, 11) is 0. The molecule has 1 rings (SSSR count). The summed E-state index contributed by atoms with van der Waals surface area (Å²) >= 11 is 0. The smallest absolute Gasteiger partial charge is 0.255 e. The van der Waals surface area contributed by atoms with Crippen LogP contribution in [0.2, 0.25) is 0 Å². The van der Waals surface area contributed by atoms with Crippen LogP contribution in [0.5, 0.6) is 5.75 Å². The number of benzene rings is 1. The van der Waals surface area contributed by atoms with Crippen molar-refractivity contribution in [3.63, 3.8) is 0 Å². The minimum Gasteiger partial charge on any atom is -0.493 e. The standard InChI is InChI=1S/C31H54N2O3/c1-4-7-10-13-14-15-16-17-20-25-36-29-26-27(30(34)32-23-18-11-8-5-2)21-22-28(29)31(35)33-24-19-12-9-6-3/h21-22,26H,4-20,23-25H2,1-3H3,(H,32,34)(H,33,35). The Kier molecular flexibility index (Phi) is 19.7. The number of carbonyl (C=O) groups is 2. The van der Waals surface area contributed by atoms with Crippen molar-refractivity contribution in [2.45, 2.75) is 130 Å². The van der Waals surface area contributed by atoms with Gasteiger partial charge < -0.3 is 15.4 Å². The molecule has 0 aromatic heterocycles. The van der Waals surface area contributed by atoms with E-state index in [0.29, 0.717) is 36.6 Å². The number of ether oxygens (including phenoxy) is 1. The average Bonchev–Trinajstić information content (AvgIpc) is 2.89. The van der Waals surface area contributed by atoms with E-state index < -0.39 is 0 Å². The van der Waals surface area contributed by atoms with Crippen LogP contribution in [0.1, 0.15) is 151 Å². The summed E-state index contributed by atoms with van der Waals surface area (Å²) in [6.45, 7) is 8.51. The SMILES string of the molecule is CCCCCCCCCCCOc1cc(C(=O)NCCCCCC)ccc1C(=O)NCCCCCC. The molecule has 0 aliphatic heterocycles. The van der Waals surface area contributed by atoms with Crippen molar-refractivity contribution in [2.24, 2.45) is 0 Å². The summed E-state index contributed by atoms with van der Waals surface area (Å²) < 4.78 is 6.07. The third kappa shape index (κ3) is 15.2. The first-order valence-corrected chi connectivity index (χ1v) is 15.0. The van der Waals surface area contributed by atoms with Crippen LogP contribution in [-0.4, -0.2) is 31.5 Å². The van der Waals surface area contributed by atoms with Crippen molar-refractivity contribution >= 4 is 11.8 Å². The van der Waals surface area contributed by atoms with Crippen molar-refractivity contribution in [3.8, 4) is 5.75 Å². The zero-order chi connectivity index (χ0) is 26.3. The van der Waals surface area contributed by atoms with Gasteiger partial charge in [0.1, 0.15) is 5.75 Å². The number of amides is 2. The van der Waals surface area contributed by atoms with Gasteiger partial charge in [0.05, 0.1) is 12.2 Å². The molecule has 0 atom stereocenters. The van der Waals surface area contributed by atoms with Crippen LogP contribution < -0.4 is 15.4 Å². The highest BCUT2D eigenvalue weighted by atomic mass is 16.5. The molecule has 0 fully saturated rings. The largest absolute Gasteiger partial charge is 0.493 e. The topological polar surface area (TPSA) is 67.4 Å². The first-order valence-electron chi connectivity index (χ1n) is 15.0. The predicted molar refractivity (Wildman–Crippen MR) is 152 cm³/mol. The zero-order valence-electron chi connectivity index (χ0n) is 23.6. The lowest BCUT2D eigenvalue weighted by Crippen LogP contribution is -2.26. The lowest BCUT2D eigenvalue weighted by molar-refractivity contribution is 0.0937. The van der Waals surface area contributed by atoms with Crippen molar-refractivity contribution in [1.29, 1.82) is 0 Å². The molecule has 0 spiro atoms. The maximum absolute atomic E-state index is 12.8. The van der Waals surface area contributed by atoms with Crippen LogP contribution in [0.3, 0.4) is 0 Å². The lowest BCUT2D eigenvalue weighted by atomic mass is 10.1. The molecule has 36 heavy (non-hydrogen) atoms. The van der Waals surface area contributed by atoms with E-state index in [1.54, 1.807) is 18.2 Å². The lowest BCUT2D eigenvalue weighted by Gasteiger charge is -2.14. The molecule has 0 saturated carbocycles. The molecule has 0 unspecified atom stereocenters. The highest BCUT2D eigenvalue weighted by Crippen LogP contribution is 2.22. The van der Waals surface area contributed by atoms with E-state index in [0.717, 1.165) is 38.5 Å². The first-order chi connectivity index (χ1) is 17.6. The Labute approximate surface area is 221 Å². The molecule has 1 aromatic rings. The normalized spacial score (nSPS) is 10.9. The van der Waals surface area contributed by atoms with E-state index in [1.807, 2.05) is 0 Å². The Hall–Kier alpha value is -2.04. The Balaban J connectivity index is 2.60. The van der Waals surface area contributed by atoms with Gasteiger partial charge in [0, 0.05) is 18.7 Å². The van der Waals surface area contributed by atoms with E-state index in [4.69, 9.17) is 4.74 Å². The number of carbonyl (C=O) groups excluding carboxylic acids is 2. The van der Waals surface area contributed by atoms with Gasteiger partial charge in [-0.3, -0.25) is 9.59 Å². The second-order valence-corrected chi connectivity index (χ2v) is 10.0. The van der Waals surface area contributed by atoms with Crippen LogP contribution in [-0.2, 0) is 0 Å². The Morgan fingerprint density at radius 2 is 1.08 bits per heavy atom. The van der Waals surface area contributed by atoms with E-state index in [2.05, 4.69) is 31.4 Å². The minimum atomic E-state index is -0.125. The zero-order valence-corrected chi connectivity index (χ0v) is 23.6. The molecule has 5 heteroatoms. The van der Waals surface area contributed by atoms with Crippen LogP contribution in [0.4, 0.5) is 0 Å². The predicted octanol–water partition coefficient (Wildman–Crippen LogP) is 8.22. The number of hydrogen-bond donors (Lipinski definition) is 2. The fraction of sp³-hybridized carbons (Fsp3) is 0.742. The average molecular weight is 503 g/mol. The van der Waals surface area contributed by atoms with Gasteiger partial charge in [-0.1, -0.05) is 111 Å². The molecular formula is C31H54N2O3. The fourth-order valence-corrected chi connectivity index (χ4v) is 4.27. The van der Waals surface area contributed by atoms with Crippen molar-refractivity contribution in [3.05, 3.63) is 29.3 Å². The van der Waals surface area contributed by atoms with Gasteiger partial charge in [-0.25, -0.2) is 0 Å². The number of unbranched alkanes of at least 4 members (excludes halogenated alkanes) is 14. The van der Waals surface area contributed by atoms with Gasteiger partial charge in [-0.2, -0.15) is 0 Å². The molecule has 0 radical (unpaired) electrons. The van der Waals surface area contributed by atoms with E-state index >= 15 is 0 Å². The minimum absolute atomic E-state index is 0.106. The van der Waals surface area contributed by atoms with Gasteiger partial charge >= 0.3 is 0 Å². The van der Waals surface area contributed by atoms with Crippen LogP contribution in [0.15, 0.2) is 18.2 Å². The van der Waals surface area contributed by atoms with Crippen molar-refractivity contribution in [1.82, 2.24) is 10.6 Å². The van der Waals surface area contributed by atoms with Gasteiger partial charge in [0.2, 0.25) is 0 Å². The van der Waals surface area contributed by atoms with E-state index in [9.17, 15) is 9.59 Å². The maximum Gasteiger partial charge on any atom is 0.255 e. The summed E-state index contributed by atoms with van der Waals surface area (Å²) in [4.78, 5) is 25.5. The number of hydrogen-bond acceptors (Lipinski definition) is 3. The maximum atomic E-state index is 12.8. The monoisotopic (exact) mass is 502 g/mol. The molecule has 2 N–H and O–H groups in total. The summed E-state index contributed by atoms with van der Waals surface area (Å²) in [5, 5.41) is 6.02. The Morgan fingerprint density at radius 3 is 1.64 bits per heavy atom. The van der Waals surface area contributed by atoms with Crippen molar-refractivity contribution in [2.75, 3.05) is 19.7 Å². The number of rotatable bonds is 23. The summed E-state index contributed by atoms with van der Waals surface area (Å²) in [6, 6.07) is 5.21. The van der Waals surface area contributed by atoms with Crippen molar-refractivity contribution < 1.29 is 14.3 Å². The summed E-state index contributed by atoms with van der Waals surface area (Å²) in [6.07, 6.45) is 20.2. The molecule has 5 nitrogen and oxygen atoms in total.